The fourth-order valence-electron chi connectivity index (χ4n) is 4.67. The van der Waals surface area contributed by atoms with Gasteiger partial charge in [-0.25, -0.2) is 13.1 Å². The molecule has 1 aromatic carbocycles. The van der Waals surface area contributed by atoms with E-state index in [1.54, 1.807) is 18.3 Å². The van der Waals surface area contributed by atoms with Gasteiger partial charge >= 0.3 is 0 Å². The van der Waals surface area contributed by atoms with Crippen molar-refractivity contribution >= 4 is 33.7 Å². The minimum absolute atomic E-state index is 0.0668. The molecule has 0 aliphatic carbocycles. The predicted molar refractivity (Wildman–Crippen MR) is 153 cm³/mol. The quantitative estimate of drug-likeness (QED) is 0.360. The molecule has 0 radical (unpaired) electrons. The van der Waals surface area contributed by atoms with Crippen LogP contribution in [0.25, 0.3) is 0 Å². The summed E-state index contributed by atoms with van der Waals surface area (Å²) >= 11 is 6.24. The first kappa shape index (κ1) is 28.9. The van der Waals surface area contributed by atoms with E-state index in [2.05, 4.69) is 31.4 Å². The average Bonchev–Trinajstić information content (AvgIpc) is 3.60. The van der Waals surface area contributed by atoms with Crippen molar-refractivity contribution in [3.05, 3.63) is 76.6 Å². The van der Waals surface area contributed by atoms with Crippen molar-refractivity contribution in [1.82, 2.24) is 19.8 Å². The van der Waals surface area contributed by atoms with Gasteiger partial charge in [-0.3, -0.25) is 9.79 Å². The summed E-state index contributed by atoms with van der Waals surface area (Å²) in [5.41, 5.74) is 1.71. The number of allylic oxidation sites excluding steroid dienone is 1. The summed E-state index contributed by atoms with van der Waals surface area (Å²) in [7, 11) is -3.78. The Morgan fingerprint density at radius 3 is 2.67 bits per heavy atom. The lowest BCUT2D eigenvalue weighted by Crippen LogP contribution is -2.37. The van der Waals surface area contributed by atoms with E-state index in [1.165, 1.54) is 6.07 Å². The number of ether oxygens (including phenoxy) is 1. The average molecular weight is 572 g/mol. The van der Waals surface area contributed by atoms with Crippen LogP contribution in [0.15, 0.2) is 59.6 Å². The van der Waals surface area contributed by atoms with E-state index in [0.29, 0.717) is 36.7 Å². The molecule has 1 saturated heterocycles. The molecule has 1 N–H and O–H groups in total. The molecule has 1 aromatic heterocycles. The smallest absolute Gasteiger partial charge is 0.285 e. The van der Waals surface area contributed by atoms with E-state index < -0.39 is 21.5 Å². The fourth-order valence-corrected chi connectivity index (χ4v) is 5.85. The molecule has 0 bridgehead atoms. The summed E-state index contributed by atoms with van der Waals surface area (Å²) in [6.07, 6.45) is 9.77. The molecule has 1 unspecified atom stereocenters. The van der Waals surface area contributed by atoms with Gasteiger partial charge in [0.25, 0.3) is 5.91 Å². The van der Waals surface area contributed by atoms with E-state index >= 15 is 0 Å². The molecule has 0 saturated carbocycles. The second-order valence-corrected chi connectivity index (χ2v) is 12.3. The van der Waals surface area contributed by atoms with E-state index in [9.17, 15) is 13.2 Å². The van der Waals surface area contributed by atoms with E-state index in [-0.39, 0.29) is 11.4 Å². The molecule has 4 rings (SSSR count). The second kappa shape index (κ2) is 12.8. The normalized spacial score (nSPS) is 18.9. The number of benzene rings is 1. The highest BCUT2D eigenvalue weighted by Gasteiger charge is 2.32. The number of rotatable bonds is 13. The molecule has 9 nitrogen and oxygen atoms in total. The molecule has 0 spiro atoms. The Labute approximate surface area is 235 Å². The third kappa shape index (κ3) is 7.97. The van der Waals surface area contributed by atoms with Crippen molar-refractivity contribution in [2.45, 2.75) is 44.6 Å². The van der Waals surface area contributed by atoms with Gasteiger partial charge in [-0.1, -0.05) is 18.2 Å². The maximum absolute atomic E-state index is 12.6. The van der Waals surface area contributed by atoms with Crippen LogP contribution in [0.2, 0.25) is 5.02 Å². The van der Waals surface area contributed by atoms with Crippen LogP contribution in [-0.4, -0.2) is 67.6 Å². The molecule has 39 heavy (non-hydrogen) atoms. The van der Waals surface area contributed by atoms with Crippen molar-refractivity contribution in [1.29, 1.82) is 0 Å². The first-order chi connectivity index (χ1) is 18.7. The monoisotopic (exact) mass is 571 g/mol. The number of aryl methyl sites for hydroxylation is 1. The maximum Gasteiger partial charge on any atom is 0.285 e. The van der Waals surface area contributed by atoms with Gasteiger partial charge in [0.15, 0.2) is 5.69 Å². The number of nitrogens with zero attached hydrogens (tertiary/aromatic N) is 4. The summed E-state index contributed by atoms with van der Waals surface area (Å²) < 4.78 is 32.8. The standard InChI is InChI=1S/C28H34ClN5O4S/c1-21(2)20-38-25-10-8-23(29)19-22(25)7-5-12-28(13-6-14-30-28)26-11-9-24(31-32-26)27(35)33-39(36,37)18-17-34-15-3-4-16-34/h6,8-11,13-14,19H,1,3-5,7,12,15-18,20H2,2H3,(H,33,35). The highest BCUT2D eigenvalue weighted by molar-refractivity contribution is 7.90. The zero-order valence-corrected chi connectivity index (χ0v) is 23.7. The maximum atomic E-state index is 12.6. The summed E-state index contributed by atoms with van der Waals surface area (Å²) in [5.74, 6) is -0.162. The first-order valence-electron chi connectivity index (χ1n) is 13.1. The molecule has 1 atom stereocenters. The number of aromatic nitrogens is 2. The van der Waals surface area contributed by atoms with Crippen LogP contribution in [0.1, 0.15) is 54.4 Å². The molecule has 1 fully saturated rings. The van der Waals surface area contributed by atoms with Crippen LogP contribution in [0, 0.1) is 0 Å². The summed E-state index contributed by atoms with van der Waals surface area (Å²) in [6.45, 7) is 8.40. The molecule has 2 aromatic rings. The van der Waals surface area contributed by atoms with Gasteiger partial charge in [-0.15, -0.1) is 5.10 Å². The fraction of sp³-hybridized carbons (Fsp3) is 0.429. The van der Waals surface area contributed by atoms with E-state index in [4.69, 9.17) is 16.3 Å². The van der Waals surface area contributed by atoms with Crippen molar-refractivity contribution in [2.75, 3.05) is 32.0 Å². The Hall–Kier alpha value is -3.08. The Morgan fingerprint density at radius 1 is 1.21 bits per heavy atom. The minimum Gasteiger partial charge on any atom is -0.489 e. The van der Waals surface area contributed by atoms with Gasteiger partial charge in [0, 0.05) is 17.8 Å². The van der Waals surface area contributed by atoms with Gasteiger partial charge < -0.3 is 9.64 Å². The molecule has 208 valence electrons. The number of hydrogen-bond donors (Lipinski definition) is 1. The van der Waals surface area contributed by atoms with Crippen LogP contribution < -0.4 is 9.46 Å². The molecule has 3 heterocycles. The second-order valence-electron chi connectivity index (χ2n) is 10.0. The Balaban J connectivity index is 1.38. The zero-order valence-electron chi connectivity index (χ0n) is 22.1. The number of halogens is 1. The van der Waals surface area contributed by atoms with E-state index in [1.807, 2.05) is 31.2 Å². The molecule has 1 amide bonds. The lowest BCUT2D eigenvalue weighted by molar-refractivity contribution is 0.0975. The number of aliphatic imine (C=N–C) groups is 1. The minimum atomic E-state index is -3.78. The summed E-state index contributed by atoms with van der Waals surface area (Å²) in [6, 6.07) is 8.73. The van der Waals surface area contributed by atoms with Crippen LogP contribution in [0.4, 0.5) is 0 Å². The van der Waals surface area contributed by atoms with Gasteiger partial charge in [0.2, 0.25) is 10.0 Å². The zero-order chi connectivity index (χ0) is 27.9. The Morgan fingerprint density at radius 2 is 2.00 bits per heavy atom. The molecule has 11 heteroatoms. The number of nitrogens with one attached hydrogen (secondary N) is 1. The van der Waals surface area contributed by atoms with Crippen molar-refractivity contribution < 1.29 is 17.9 Å². The molecule has 2 aliphatic heterocycles. The number of hydrogen-bond acceptors (Lipinski definition) is 8. The van der Waals surface area contributed by atoms with Gasteiger partial charge in [0.05, 0.1) is 11.4 Å². The number of carbonyl (C=O) groups excluding carboxylic acids is 1. The third-order valence-electron chi connectivity index (χ3n) is 6.73. The molecular formula is C28H34ClN5O4S. The number of amides is 1. The molecule has 2 aliphatic rings. The lowest BCUT2D eigenvalue weighted by Gasteiger charge is -2.23. The highest BCUT2D eigenvalue weighted by Crippen LogP contribution is 2.35. The van der Waals surface area contributed by atoms with Gasteiger partial charge in [0.1, 0.15) is 17.9 Å². The number of likely N-dealkylation sites (tertiary alicyclic amines) is 1. The van der Waals surface area contributed by atoms with Crippen LogP contribution in [0.3, 0.4) is 0 Å². The van der Waals surface area contributed by atoms with Crippen LogP contribution >= 0.6 is 11.6 Å². The topological polar surface area (TPSA) is 114 Å². The SMILES string of the molecule is C=C(C)COc1ccc(Cl)cc1CCCC1(c2ccc(C(=O)NS(=O)(=O)CCN3CCCC3)nn2)C=CC=N1. The number of carbonyl (C=O) groups is 1. The van der Waals surface area contributed by atoms with Crippen LogP contribution in [-0.2, 0) is 22.0 Å². The van der Waals surface area contributed by atoms with Gasteiger partial charge in [-0.05, 0) is 106 Å². The first-order valence-corrected chi connectivity index (χ1v) is 15.1. The largest absolute Gasteiger partial charge is 0.489 e. The van der Waals surface area contributed by atoms with Crippen molar-refractivity contribution in [2.24, 2.45) is 4.99 Å². The lowest BCUT2D eigenvalue weighted by atomic mass is 9.89. The number of sulfonamides is 1. The van der Waals surface area contributed by atoms with Gasteiger partial charge in [-0.2, -0.15) is 5.10 Å². The summed E-state index contributed by atoms with van der Waals surface area (Å²) in [5, 5.41) is 8.94. The van der Waals surface area contributed by atoms with Crippen LogP contribution in [0.5, 0.6) is 5.75 Å². The van der Waals surface area contributed by atoms with Crippen molar-refractivity contribution in [3.8, 4) is 5.75 Å². The Bertz CT molecular complexity index is 1340. The molecular weight excluding hydrogens is 538 g/mol. The highest BCUT2D eigenvalue weighted by atomic mass is 35.5. The van der Waals surface area contributed by atoms with E-state index in [0.717, 1.165) is 49.2 Å². The van der Waals surface area contributed by atoms with Crippen molar-refractivity contribution in [3.63, 3.8) is 0 Å². The summed E-state index contributed by atoms with van der Waals surface area (Å²) in [4.78, 5) is 19.3. The third-order valence-corrected chi connectivity index (χ3v) is 8.18. The predicted octanol–water partition coefficient (Wildman–Crippen LogP) is 4.10. The Kier molecular flexibility index (Phi) is 9.53.